The van der Waals surface area contributed by atoms with E-state index in [1.54, 1.807) is 0 Å². The molecule has 0 bridgehead atoms. The van der Waals surface area contributed by atoms with E-state index in [2.05, 4.69) is 13.8 Å². The van der Waals surface area contributed by atoms with Crippen LogP contribution in [0.4, 0.5) is 0 Å². The maximum atomic E-state index is 12.3. The lowest BCUT2D eigenvalue weighted by atomic mass is 9.94. The van der Waals surface area contributed by atoms with Crippen LogP contribution in [-0.2, 0) is 9.53 Å². The van der Waals surface area contributed by atoms with E-state index in [1.165, 1.54) is 136 Å². The fourth-order valence-corrected chi connectivity index (χ4v) is 6.10. The maximum absolute atomic E-state index is 12.3. The van der Waals surface area contributed by atoms with Gasteiger partial charge in [-0.25, -0.2) is 0 Å². The van der Waals surface area contributed by atoms with Crippen molar-refractivity contribution in [2.45, 2.75) is 219 Å². The van der Waals surface area contributed by atoms with E-state index in [0.717, 1.165) is 57.8 Å². The minimum absolute atomic E-state index is 0.0202. The Morgan fingerprint density at radius 2 is 0.683 bits per heavy atom. The zero-order chi connectivity index (χ0) is 30.2. The van der Waals surface area contributed by atoms with Gasteiger partial charge in [-0.3, -0.25) is 4.79 Å². The fourth-order valence-electron chi connectivity index (χ4n) is 6.10. The first kappa shape index (κ1) is 40.4. The van der Waals surface area contributed by atoms with E-state index in [1.807, 2.05) is 0 Å². The molecule has 0 fully saturated rings. The van der Waals surface area contributed by atoms with Gasteiger partial charge in [-0.2, -0.15) is 0 Å². The Bertz CT molecular complexity index is 523. The monoisotopic (exact) mass is 583 g/mol. The summed E-state index contributed by atoms with van der Waals surface area (Å²) in [4.78, 5) is 12.3. The summed E-state index contributed by atoms with van der Waals surface area (Å²) >= 11 is 0. The fraction of sp³-hybridized carbons (Fsp3) is 0.973. The molecule has 0 aromatic carbocycles. The molecule has 3 unspecified atom stereocenters. The number of carbonyl (C=O) groups excluding carboxylic acids is 1. The lowest BCUT2D eigenvalue weighted by Crippen LogP contribution is -2.25. The lowest BCUT2D eigenvalue weighted by Gasteiger charge is -2.17. The highest BCUT2D eigenvalue weighted by Gasteiger charge is 2.18. The number of rotatable bonds is 33. The van der Waals surface area contributed by atoms with Crippen molar-refractivity contribution in [3.63, 3.8) is 0 Å². The van der Waals surface area contributed by atoms with Crippen LogP contribution in [-0.4, -0.2) is 35.5 Å². The molecular weight excluding hydrogens is 508 g/mol. The number of ether oxygens (including phenoxy) is 1. The van der Waals surface area contributed by atoms with Gasteiger partial charge in [0.15, 0.2) is 0 Å². The Morgan fingerprint density at radius 1 is 0.439 bits per heavy atom. The van der Waals surface area contributed by atoms with E-state index in [9.17, 15) is 15.0 Å². The first-order valence-corrected chi connectivity index (χ1v) is 18.5. The van der Waals surface area contributed by atoms with Gasteiger partial charge >= 0.3 is 5.97 Å². The van der Waals surface area contributed by atoms with Crippen LogP contribution in [0.1, 0.15) is 206 Å². The van der Waals surface area contributed by atoms with Crippen molar-refractivity contribution in [3.8, 4) is 0 Å². The molecular formula is C37H74O4. The number of esters is 1. The summed E-state index contributed by atoms with van der Waals surface area (Å²) in [5.74, 6) is 0.0498. The molecule has 4 heteroatoms. The molecule has 0 aliphatic carbocycles. The first-order chi connectivity index (χ1) is 20.1. The SMILES string of the molecule is CCCCCCCCCCCCCCCCC(CCCCCCCCC(O)C(O)CCCCCCCC)C(=O)OC. The topological polar surface area (TPSA) is 66.8 Å². The second kappa shape index (κ2) is 32.3. The third-order valence-corrected chi connectivity index (χ3v) is 9.04. The average molecular weight is 583 g/mol. The molecule has 4 nitrogen and oxygen atoms in total. The first-order valence-electron chi connectivity index (χ1n) is 18.5. The molecule has 0 aliphatic rings. The molecule has 3 atom stereocenters. The Labute approximate surface area is 257 Å². The summed E-state index contributed by atoms with van der Waals surface area (Å²) in [7, 11) is 1.53. The molecule has 246 valence electrons. The third kappa shape index (κ3) is 27.9. The minimum atomic E-state index is -0.568. The standard InChI is InChI=1S/C37H74O4/c1-4-6-8-10-12-13-14-15-16-17-18-19-22-26-30-34(37(40)41-3)31-27-23-20-21-25-29-33-36(39)35(38)32-28-24-11-9-7-5-2/h34-36,38-39H,4-33H2,1-3H3. The molecule has 0 amide bonds. The van der Waals surface area contributed by atoms with Crippen LogP contribution >= 0.6 is 0 Å². The van der Waals surface area contributed by atoms with Crippen LogP contribution in [0.3, 0.4) is 0 Å². The number of unbranched alkanes of at least 4 members (excludes halogenated alkanes) is 23. The summed E-state index contributed by atoms with van der Waals surface area (Å²) in [5, 5.41) is 20.4. The van der Waals surface area contributed by atoms with Gasteiger partial charge in [0, 0.05) is 0 Å². The van der Waals surface area contributed by atoms with E-state index in [0.29, 0.717) is 6.42 Å². The van der Waals surface area contributed by atoms with Crippen molar-refractivity contribution in [1.29, 1.82) is 0 Å². The number of carbonyl (C=O) groups is 1. The molecule has 0 radical (unpaired) electrons. The van der Waals surface area contributed by atoms with Crippen molar-refractivity contribution in [2.24, 2.45) is 5.92 Å². The number of aliphatic hydroxyl groups excluding tert-OH is 2. The summed E-state index contributed by atoms with van der Waals surface area (Å²) < 4.78 is 5.10. The predicted molar refractivity (Wildman–Crippen MR) is 177 cm³/mol. The number of methoxy groups -OCH3 is 1. The van der Waals surface area contributed by atoms with Gasteiger partial charge in [-0.15, -0.1) is 0 Å². The molecule has 0 aromatic heterocycles. The normalized spacial score (nSPS) is 13.8. The van der Waals surface area contributed by atoms with Gasteiger partial charge in [-0.05, 0) is 25.7 Å². The maximum Gasteiger partial charge on any atom is 0.308 e. The molecule has 0 heterocycles. The summed E-state index contributed by atoms with van der Waals surface area (Å²) in [6.45, 7) is 4.51. The van der Waals surface area contributed by atoms with Crippen molar-refractivity contribution in [2.75, 3.05) is 7.11 Å². The average Bonchev–Trinajstić information content (AvgIpc) is 2.98. The van der Waals surface area contributed by atoms with E-state index in [-0.39, 0.29) is 11.9 Å². The summed E-state index contributed by atoms with van der Waals surface area (Å²) in [5.41, 5.74) is 0. The van der Waals surface area contributed by atoms with E-state index < -0.39 is 12.2 Å². The molecule has 0 saturated heterocycles. The number of hydrogen-bond donors (Lipinski definition) is 2. The van der Waals surface area contributed by atoms with Crippen molar-refractivity contribution in [3.05, 3.63) is 0 Å². The van der Waals surface area contributed by atoms with Crippen molar-refractivity contribution in [1.82, 2.24) is 0 Å². The Kier molecular flexibility index (Phi) is 31.8. The molecule has 0 rings (SSSR count). The lowest BCUT2D eigenvalue weighted by molar-refractivity contribution is -0.146. The van der Waals surface area contributed by atoms with Crippen LogP contribution < -0.4 is 0 Å². The highest BCUT2D eigenvalue weighted by atomic mass is 16.5. The molecule has 0 aromatic rings. The number of aliphatic hydroxyl groups is 2. The summed E-state index contributed by atoms with van der Waals surface area (Å²) in [6.07, 6.45) is 35.3. The van der Waals surface area contributed by atoms with E-state index in [4.69, 9.17) is 4.74 Å². The predicted octanol–water partition coefficient (Wildman–Crippen LogP) is 11.2. The van der Waals surface area contributed by atoms with Gasteiger partial charge in [0.2, 0.25) is 0 Å². The molecule has 0 spiro atoms. The smallest absolute Gasteiger partial charge is 0.308 e. The molecule has 0 saturated carbocycles. The summed E-state index contributed by atoms with van der Waals surface area (Å²) in [6, 6.07) is 0. The molecule has 0 aliphatic heterocycles. The third-order valence-electron chi connectivity index (χ3n) is 9.04. The molecule has 41 heavy (non-hydrogen) atoms. The van der Waals surface area contributed by atoms with Crippen molar-refractivity contribution < 1.29 is 19.7 Å². The van der Waals surface area contributed by atoms with E-state index >= 15 is 0 Å². The molecule has 2 N–H and O–H groups in total. The van der Waals surface area contributed by atoms with Crippen LogP contribution in [0.25, 0.3) is 0 Å². The second-order valence-corrected chi connectivity index (χ2v) is 13.0. The highest BCUT2D eigenvalue weighted by Crippen LogP contribution is 2.21. The second-order valence-electron chi connectivity index (χ2n) is 13.0. The van der Waals surface area contributed by atoms with Gasteiger partial charge < -0.3 is 14.9 Å². The van der Waals surface area contributed by atoms with Gasteiger partial charge in [0.25, 0.3) is 0 Å². The Balaban J connectivity index is 3.66. The van der Waals surface area contributed by atoms with Gasteiger partial charge in [0.05, 0.1) is 25.2 Å². The zero-order valence-corrected chi connectivity index (χ0v) is 28.2. The van der Waals surface area contributed by atoms with Gasteiger partial charge in [-0.1, -0.05) is 181 Å². The highest BCUT2D eigenvalue weighted by molar-refractivity contribution is 5.72. The van der Waals surface area contributed by atoms with Gasteiger partial charge in [0.1, 0.15) is 0 Å². The Morgan fingerprint density at radius 3 is 0.951 bits per heavy atom. The van der Waals surface area contributed by atoms with Crippen LogP contribution in [0.15, 0.2) is 0 Å². The van der Waals surface area contributed by atoms with Crippen LogP contribution in [0.5, 0.6) is 0 Å². The van der Waals surface area contributed by atoms with Crippen LogP contribution in [0.2, 0.25) is 0 Å². The quantitative estimate of drug-likeness (QED) is 0.0596. The largest absolute Gasteiger partial charge is 0.469 e. The van der Waals surface area contributed by atoms with Crippen molar-refractivity contribution >= 4 is 5.97 Å². The van der Waals surface area contributed by atoms with Crippen LogP contribution in [0, 0.1) is 5.92 Å². The zero-order valence-electron chi connectivity index (χ0n) is 28.2. The minimum Gasteiger partial charge on any atom is -0.469 e. The Hall–Kier alpha value is -0.610. The number of hydrogen-bond acceptors (Lipinski definition) is 4.